The first-order chi connectivity index (χ1) is 33.0. The van der Waals surface area contributed by atoms with Gasteiger partial charge in [0, 0.05) is 16.9 Å². The summed E-state index contributed by atoms with van der Waals surface area (Å²) in [5.74, 6) is 0.584. The van der Waals surface area contributed by atoms with Crippen LogP contribution in [0, 0.1) is 0 Å². The first kappa shape index (κ1) is 43.6. The third kappa shape index (κ3) is 7.57. The molecular formula is C67H63N. The van der Waals surface area contributed by atoms with E-state index in [9.17, 15) is 0 Å². The lowest BCUT2D eigenvalue weighted by atomic mass is 9.67. The number of hydrogen-bond acceptors (Lipinski definition) is 1. The van der Waals surface area contributed by atoms with E-state index in [1.807, 2.05) is 0 Å². The van der Waals surface area contributed by atoms with Crippen molar-refractivity contribution in [2.45, 2.75) is 95.8 Å². The lowest BCUT2D eigenvalue weighted by Crippen LogP contribution is -2.28. The Balaban J connectivity index is 1.10. The van der Waals surface area contributed by atoms with E-state index in [2.05, 4.69) is 253 Å². The molecule has 68 heavy (non-hydrogen) atoms. The Bertz CT molecular complexity index is 3190. The zero-order valence-corrected chi connectivity index (χ0v) is 40.7. The smallest absolute Gasteiger partial charge is 0.0713 e. The largest absolute Gasteiger partial charge is 0.310 e. The van der Waals surface area contributed by atoms with Crippen LogP contribution in [0.3, 0.4) is 0 Å². The molecule has 1 nitrogen and oxygen atoms in total. The topological polar surface area (TPSA) is 3.24 Å². The van der Waals surface area contributed by atoms with Crippen molar-refractivity contribution in [2.24, 2.45) is 0 Å². The van der Waals surface area contributed by atoms with Gasteiger partial charge in [-0.2, -0.15) is 0 Å². The second-order valence-corrected chi connectivity index (χ2v) is 21.5. The molecule has 0 aliphatic heterocycles. The van der Waals surface area contributed by atoms with Gasteiger partial charge in [-0.3, -0.25) is 0 Å². The molecule has 2 aliphatic rings. The molecule has 1 fully saturated rings. The van der Waals surface area contributed by atoms with Gasteiger partial charge < -0.3 is 4.90 Å². The van der Waals surface area contributed by atoms with Gasteiger partial charge in [0.2, 0.25) is 0 Å². The highest BCUT2D eigenvalue weighted by molar-refractivity contribution is 6.03. The van der Waals surface area contributed by atoms with E-state index in [0.29, 0.717) is 5.92 Å². The molecule has 336 valence electrons. The fourth-order valence-electron chi connectivity index (χ4n) is 11.7. The molecule has 0 aromatic heterocycles. The first-order valence-electron chi connectivity index (χ1n) is 25.0. The van der Waals surface area contributed by atoms with Gasteiger partial charge in [0.15, 0.2) is 0 Å². The maximum Gasteiger partial charge on any atom is 0.0713 e. The van der Waals surface area contributed by atoms with E-state index in [-0.39, 0.29) is 10.8 Å². The Morgan fingerprint density at radius 2 is 0.956 bits per heavy atom. The van der Waals surface area contributed by atoms with E-state index in [1.54, 1.807) is 0 Å². The Kier molecular flexibility index (Phi) is 11.1. The van der Waals surface area contributed by atoms with E-state index < -0.39 is 5.41 Å². The molecule has 1 saturated carbocycles. The van der Waals surface area contributed by atoms with Crippen LogP contribution < -0.4 is 4.90 Å². The Morgan fingerprint density at radius 3 is 1.60 bits per heavy atom. The van der Waals surface area contributed by atoms with Gasteiger partial charge in [-0.15, -0.1) is 0 Å². The molecule has 0 saturated heterocycles. The molecule has 0 spiro atoms. The highest BCUT2D eigenvalue weighted by atomic mass is 15.1. The van der Waals surface area contributed by atoms with Crippen molar-refractivity contribution in [3.05, 3.63) is 245 Å². The molecule has 0 N–H and O–H groups in total. The summed E-state index contributed by atoms with van der Waals surface area (Å²) in [5.41, 5.74) is 19.9. The molecule has 9 aromatic carbocycles. The molecule has 11 rings (SSSR count). The number of nitrogens with zero attached hydrogens (tertiary/aromatic N) is 1. The van der Waals surface area contributed by atoms with Gasteiger partial charge in [-0.05, 0) is 144 Å². The van der Waals surface area contributed by atoms with E-state index >= 15 is 0 Å². The summed E-state index contributed by atoms with van der Waals surface area (Å²) in [6, 6.07) is 78.3. The zero-order valence-electron chi connectivity index (χ0n) is 40.7. The molecular weight excluding hydrogens is 819 g/mol. The van der Waals surface area contributed by atoms with E-state index in [0.717, 1.165) is 5.69 Å². The molecule has 0 unspecified atom stereocenters. The highest BCUT2D eigenvalue weighted by Gasteiger charge is 2.46. The minimum atomic E-state index is -0.452. The lowest BCUT2D eigenvalue weighted by molar-refractivity contribution is 0.445. The van der Waals surface area contributed by atoms with Crippen LogP contribution in [0.5, 0.6) is 0 Å². The number of rotatable bonds is 8. The maximum absolute atomic E-state index is 2.54. The highest BCUT2D eigenvalue weighted by Crippen LogP contribution is 2.57. The quantitative estimate of drug-likeness (QED) is 0.147. The van der Waals surface area contributed by atoms with Gasteiger partial charge in [0.1, 0.15) is 0 Å². The Morgan fingerprint density at radius 1 is 0.412 bits per heavy atom. The summed E-state index contributed by atoms with van der Waals surface area (Å²) >= 11 is 0. The van der Waals surface area contributed by atoms with Crippen LogP contribution >= 0.6 is 0 Å². The molecule has 0 radical (unpaired) electrons. The molecule has 2 aliphatic carbocycles. The Hall–Kier alpha value is -6.96. The van der Waals surface area contributed by atoms with Crippen LogP contribution in [0.2, 0.25) is 0 Å². The Labute approximate surface area is 405 Å². The molecule has 9 aromatic rings. The number of hydrogen-bond donors (Lipinski definition) is 0. The first-order valence-corrected chi connectivity index (χ1v) is 25.0. The average molecular weight is 882 g/mol. The van der Waals surface area contributed by atoms with Crippen LogP contribution in [0.1, 0.15) is 119 Å². The van der Waals surface area contributed by atoms with Crippen molar-refractivity contribution < 1.29 is 0 Å². The standard InChI is InChI=1S/C67H63N/c1-65(2,3)52-43-53(66(4,5)6)45-55(44-52)68(63-35-19-17-31-59(63)60-33-21-25-48-24-20-32-56(64(48)60)47-22-10-7-11-23-47)54-39-36-46(37-40-54)49-38-41-58-57-30-16-18-34-61(57)67(62(58)42-49,50-26-12-8-13-27-50)51-28-14-9-15-29-51/h8-9,12-21,24-45,47H,7,10-11,22-23H2,1-6H3. The fourth-order valence-corrected chi connectivity index (χ4v) is 11.7. The molecule has 1 heteroatoms. The predicted molar refractivity (Wildman–Crippen MR) is 290 cm³/mol. The summed E-state index contributed by atoms with van der Waals surface area (Å²) in [7, 11) is 0. The van der Waals surface area contributed by atoms with Crippen LogP contribution in [0.25, 0.3) is 44.2 Å². The monoisotopic (exact) mass is 881 g/mol. The van der Waals surface area contributed by atoms with Crippen LogP contribution in [0.15, 0.2) is 206 Å². The van der Waals surface area contributed by atoms with Crippen LogP contribution in [-0.4, -0.2) is 0 Å². The zero-order chi connectivity index (χ0) is 46.6. The fraction of sp³-hybridized carbons (Fsp3) is 0.224. The maximum atomic E-state index is 2.54. The van der Waals surface area contributed by atoms with Crippen LogP contribution in [0.4, 0.5) is 17.1 Å². The number of para-hydroxylation sites is 1. The third-order valence-electron chi connectivity index (χ3n) is 15.2. The van der Waals surface area contributed by atoms with E-state index in [1.165, 1.54) is 127 Å². The SMILES string of the molecule is CC(C)(C)c1cc(N(c2ccc(-c3ccc4c(c3)C(c3ccccc3)(c3ccccc3)c3ccccc3-4)cc2)c2ccccc2-c2cccc3cccc(C4CCCCC4)c23)cc(C(C)(C)C)c1. The number of fused-ring (bicyclic) bond motifs is 4. The molecule has 0 heterocycles. The van der Waals surface area contributed by atoms with Crippen molar-refractivity contribution in [2.75, 3.05) is 4.90 Å². The van der Waals surface area contributed by atoms with Crippen molar-refractivity contribution >= 4 is 27.8 Å². The minimum Gasteiger partial charge on any atom is -0.310 e. The second-order valence-electron chi connectivity index (χ2n) is 21.5. The summed E-state index contributed by atoms with van der Waals surface area (Å²) in [4.78, 5) is 2.54. The number of anilines is 3. The third-order valence-corrected chi connectivity index (χ3v) is 15.2. The predicted octanol–water partition coefficient (Wildman–Crippen LogP) is 18.6. The van der Waals surface area contributed by atoms with Gasteiger partial charge in [0.05, 0.1) is 11.1 Å². The van der Waals surface area contributed by atoms with Gasteiger partial charge in [-0.1, -0.05) is 231 Å². The molecule has 0 amide bonds. The van der Waals surface area contributed by atoms with Crippen molar-refractivity contribution in [3.8, 4) is 33.4 Å². The summed E-state index contributed by atoms with van der Waals surface area (Å²) < 4.78 is 0. The molecule has 0 bridgehead atoms. The van der Waals surface area contributed by atoms with Gasteiger partial charge >= 0.3 is 0 Å². The number of benzene rings is 9. The molecule has 0 atom stereocenters. The average Bonchev–Trinajstić information content (AvgIpc) is 3.67. The summed E-state index contributed by atoms with van der Waals surface area (Å²) in [6.45, 7) is 14.0. The minimum absolute atomic E-state index is 0.0441. The second kappa shape index (κ2) is 17.3. The normalized spacial score (nSPS) is 14.7. The van der Waals surface area contributed by atoms with Crippen molar-refractivity contribution in [1.82, 2.24) is 0 Å². The van der Waals surface area contributed by atoms with E-state index in [4.69, 9.17) is 0 Å². The van der Waals surface area contributed by atoms with Gasteiger partial charge in [0.25, 0.3) is 0 Å². The summed E-state index contributed by atoms with van der Waals surface area (Å²) in [6.07, 6.45) is 6.49. The summed E-state index contributed by atoms with van der Waals surface area (Å²) in [5, 5.41) is 2.73. The van der Waals surface area contributed by atoms with Crippen molar-refractivity contribution in [3.63, 3.8) is 0 Å². The van der Waals surface area contributed by atoms with Gasteiger partial charge in [-0.25, -0.2) is 0 Å². The lowest BCUT2D eigenvalue weighted by Gasteiger charge is -2.34. The van der Waals surface area contributed by atoms with Crippen molar-refractivity contribution in [1.29, 1.82) is 0 Å². The van der Waals surface area contributed by atoms with Crippen LogP contribution in [-0.2, 0) is 16.2 Å².